The topological polar surface area (TPSA) is 195 Å². The summed E-state index contributed by atoms with van der Waals surface area (Å²) < 4.78 is 44.0. The zero-order chi connectivity index (χ0) is 65.3. The number of nitrogens with one attached hydrogen (secondary N) is 1. The van der Waals surface area contributed by atoms with Crippen LogP contribution in [0.5, 0.6) is 11.5 Å². The van der Waals surface area contributed by atoms with Gasteiger partial charge in [-0.2, -0.15) is 0 Å². The SMILES string of the molecule is C1CCOC1.C1CCOC1.CC1CC(=O)O1.CC[SiH]N[SiH](C)C.CO[C@H](C)CC(C)=O.C[SiH](C)[N-][SiH](C)C.C[SiH](C)[N-][SiH](C)C.Oc1c(C2=N[C@H](c3ccccc3)CO2)cc2ccccc2c1-c1c(O)c(C2=N[C@H](c3ccccc3)CO2)cc2ccccc12.[Y]. The first kappa shape index (κ1) is 79.9. The van der Waals surface area contributed by atoms with Crippen LogP contribution in [0, 0.1) is 0 Å². The Morgan fingerprint density at radius 1 is 0.644 bits per heavy atom. The van der Waals surface area contributed by atoms with Crippen LogP contribution in [0.4, 0.5) is 0 Å². The Morgan fingerprint density at radius 3 is 1.26 bits per heavy atom. The van der Waals surface area contributed by atoms with Crippen molar-refractivity contribution in [3.63, 3.8) is 0 Å². The molecule has 0 spiro atoms. The van der Waals surface area contributed by atoms with Crippen molar-refractivity contribution in [3.8, 4) is 22.6 Å². The van der Waals surface area contributed by atoms with Crippen LogP contribution < -0.4 is 4.65 Å². The number of carbonyl (C=O) groups excluding carboxylic acids is 2. The van der Waals surface area contributed by atoms with E-state index in [1.54, 1.807) is 14.0 Å². The van der Waals surface area contributed by atoms with Crippen molar-refractivity contribution in [1.29, 1.82) is 0 Å². The molecule has 6 aromatic carbocycles. The maximum atomic E-state index is 12.1. The minimum atomic E-state index is -0.542. The maximum Gasteiger partial charge on any atom is 0.309 e. The van der Waals surface area contributed by atoms with E-state index in [1.165, 1.54) is 31.7 Å². The van der Waals surface area contributed by atoms with Crippen molar-refractivity contribution in [2.24, 2.45) is 9.98 Å². The zero-order valence-electron chi connectivity index (χ0n) is 56.5. The summed E-state index contributed by atoms with van der Waals surface area (Å²) in [7, 11) is -0.367. The number of esters is 1. The first-order chi connectivity index (χ1) is 42.6. The largest absolute Gasteiger partial charge is 0.672 e. The predicted octanol–water partition coefficient (Wildman–Crippen LogP) is 14.0. The molecule has 5 heterocycles. The van der Waals surface area contributed by atoms with Crippen molar-refractivity contribution in [2.75, 3.05) is 46.8 Å². The quantitative estimate of drug-likeness (QED) is 0.0654. The van der Waals surface area contributed by atoms with Gasteiger partial charge in [0, 0.05) is 83.8 Å². The van der Waals surface area contributed by atoms with Crippen molar-refractivity contribution < 1.29 is 80.9 Å². The average Bonchev–Trinajstić information content (AvgIpc) is 0.875. The van der Waals surface area contributed by atoms with Crippen molar-refractivity contribution in [2.45, 2.75) is 162 Å². The van der Waals surface area contributed by atoms with E-state index in [1.807, 2.05) is 135 Å². The summed E-state index contributed by atoms with van der Waals surface area (Å²) in [6, 6.07) is 40.4. The molecule has 3 saturated heterocycles. The predicted molar refractivity (Wildman–Crippen MR) is 387 cm³/mol. The van der Waals surface area contributed by atoms with Crippen molar-refractivity contribution in [3.05, 3.63) is 153 Å². The van der Waals surface area contributed by atoms with Crippen LogP contribution in [-0.2, 0) is 70.7 Å². The molecule has 0 amide bonds. The summed E-state index contributed by atoms with van der Waals surface area (Å²) in [4.78, 5) is 30.0. The van der Waals surface area contributed by atoms with Gasteiger partial charge in [-0.3, -0.25) is 9.59 Å². The van der Waals surface area contributed by atoms with Gasteiger partial charge >= 0.3 is 5.97 Å². The van der Waals surface area contributed by atoms with Gasteiger partial charge in [-0.05, 0) is 91.3 Å². The van der Waals surface area contributed by atoms with Crippen LogP contribution in [0.2, 0.25) is 71.5 Å². The number of phenols is 2. The number of hydrogen-bond acceptors (Lipinski definition) is 13. The van der Waals surface area contributed by atoms with Gasteiger partial charge in [-0.1, -0.05) is 223 Å². The second-order valence-electron chi connectivity index (χ2n) is 23.8. The molecule has 490 valence electrons. The third-order valence-corrected chi connectivity index (χ3v) is 27.3. The van der Waals surface area contributed by atoms with Gasteiger partial charge in [0.15, 0.2) is 0 Å². The summed E-state index contributed by atoms with van der Waals surface area (Å²) in [5.41, 5.74) is 4.05. The van der Waals surface area contributed by atoms with E-state index in [0.717, 1.165) is 59.1 Å². The van der Waals surface area contributed by atoms with Crippen LogP contribution in [0.25, 0.3) is 42.0 Å². The molecule has 90 heavy (non-hydrogen) atoms. The Balaban J connectivity index is 0.000000368. The molecule has 2 radical (unpaired) electrons. The standard InChI is InChI=1S/C38H28N2O4.C6H12O2.3C4H14NSi2.C4H6O2.2C4H8O.Y/c41-35-29(37-39-31(21-43-37)23-11-3-1-4-12-23)19-25-15-7-9-17-27(25)33(35)34-28-18-10-8-16-26(28)20-30(36(34)42)38-40-32(22-44-38)24-13-5-2-6-14-24;1-5(7)4-6(2)8-3;2*1-6(2)5-7(3)4;1-4-6-5-7(2)3;1-3-2-4(5)6-3;2*1-2-4-5-3-1;/h1-20,31-32,41-42H,21-22H2;6H,4H2,1-3H3;2*6-7H,1-4H3;5-7H,4H2,1-3H3;3H,2H2,1H3;2*1-4H2;/q;;2*-1;;;;;/t31-,32-;6-;;;;;;;/m01......./s1. The number of ether oxygens (including phenoxy) is 6. The normalized spacial score (nSPS) is 17.2. The Hall–Kier alpha value is -4.31. The number of rotatable bonds is 15. The van der Waals surface area contributed by atoms with E-state index in [9.17, 15) is 19.8 Å². The average molecular weight is 1410 g/mol. The monoisotopic (exact) mass is 1410 g/mol. The fourth-order valence-electron chi connectivity index (χ4n) is 9.74. The molecule has 0 aliphatic carbocycles. The molecule has 5 aliphatic rings. The van der Waals surface area contributed by atoms with E-state index < -0.39 is 44.8 Å². The van der Waals surface area contributed by atoms with Gasteiger partial charge in [0.1, 0.15) is 58.4 Å². The van der Waals surface area contributed by atoms with E-state index >= 15 is 0 Å². The summed E-state index contributed by atoms with van der Waals surface area (Å²) >= 11 is 0. The molecule has 0 aromatic heterocycles. The number of Topliss-reactive ketones (excluding diaryl/α,β-unsaturated/α-hetero) is 1. The fourth-order valence-corrected chi connectivity index (χ4v) is 22.1. The molecule has 1 unspecified atom stereocenters. The van der Waals surface area contributed by atoms with Gasteiger partial charge in [0.2, 0.25) is 11.8 Å². The third kappa shape index (κ3) is 29.3. The van der Waals surface area contributed by atoms with E-state index in [2.05, 4.69) is 91.1 Å². The molecule has 15 nitrogen and oxygen atoms in total. The molecular weight excluding hydrogens is 1300 g/mol. The van der Waals surface area contributed by atoms with Gasteiger partial charge in [-0.25, -0.2) is 9.98 Å². The van der Waals surface area contributed by atoms with Gasteiger partial charge < -0.3 is 52.6 Å². The zero-order valence-corrected chi connectivity index (χ0v) is 66.3. The Morgan fingerprint density at radius 2 is 1.01 bits per heavy atom. The summed E-state index contributed by atoms with van der Waals surface area (Å²) in [5, 5.41) is 27.5. The molecule has 11 rings (SSSR count). The number of hydrogen-bond donors (Lipinski definition) is 3. The van der Waals surface area contributed by atoms with Crippen LogP contribution in [0.15, 0.2) is 131 Å². The number of phenolic OH excluding ortho intramolecular Hbond substituents is 2. The summed E-state index contributed by atoms with van der Waals surface area (Å²) in [6.07, 6.45) is 6.52. The Labute approximate surface area is 574 Å². The molecule has 22 heteroatoms. The smallest absolute Gasteiger partial charge is 0.309 e. The number of aliphatic imine (C=N–C) groups is 2. The van der Waals surface area contributed by atoms with Gasteiger partial charge in [0.25, 0.3) is 0 Å². The first-order valence-electron chi connectivity index (χ1n) is 32.0. The molecular formula is C68H104N5O10Si6Y-2. The molecule has 3 N–H and O–H groups in total. The van der Waals surface area contributed by atoms with E-state index in [-0.39, 0.29) is 80.3 Å². The van der Waals surface area contributed by atoms with Crippen LogP contribution in [0.3, 0.4) is 0 Å². The van der Waals surface area contributed by atoms with Crippen molar-refractivity contribution in [1.82, 2.24) is 4.65 Å². The number of nitrogens with zero attached hydrogens (tertiary/aromatic N) is 4. The first-order valence-corrected chi connectivity index (χ1v) is 47.6. The Kier molecular flexibility index (Phi) is 39.4. The summed E-state index contributed by atoms with van der Waals surface area (Å²) in [6.45, 7) is 35.1. The second kappa shape index (κ2) is 44.3. The molecule has 5 aliphatic heterocycles. The molecule has 0 saturated carbocycles. The van der Waals surface area contributed by atoms with Crippen LogP contribution >= 0.6 is 0 Å². The number of fused-ring (bicyclic) bond motifs is 2. The molecule has 0 bridgehead atoms. The molecule has 4 atom stereocenters. The molecule has 6 aromatic rings. The number of cyclic esters (lactones) is 1. The molecule has 3 fully saturated rings. The maximum absolute atomic E-state index is 12.1. The fraction of sp³-hybridized carbons (Fsp3) is 0.471. The number of carbonyl (C=O) groups is 2. The Bertz CT molecular complexity index is 2870. The van der Waals surface area contributed by atoms with Crippen molar-refractivity contribution >= 4 is 99.6 Å². The second-order valence-corrected chi connectivity index (χ2v) is 39.8. The minimum Gasteiger partial charge on any atom is -0.672 e. The van der Waals surface area contributed by atoms with E-state index in [0.29, 0.717) is 69.8 Å². The van der Waals surface area contributed by atoms with Crippen LogP contribution in [0.1, 0.15) is 101 Å². The number of methoxy groups -OCH3 is 1. The van der Waals surface area contributed by atoms with Gasteiger partial charge in [-0.15, -0.1) is 0 Å². The third-order valence-electron chi connectivity index (χ3n) is 13.7. The number of aromatic hydroxyl groups is 2. The minimum absolute atomic E-state index is 0. The number of benzene rings is 6. The van der Waals surface area contributed by atoms with Gasteiger partial charge in [0.05, 0.1) is 32.6 Å². The summed E-state index contributed by atoms with van der Waals surface area (Å²) in [5.74, 6) is 0.840. The van der Waals surface area contributed by atoms with E-state index in [4.69, 9.17) is 33.7 Å². The number of ketones is 1. The van der Waals surface area contributed by atoms with Crippen LogP contribution in [-0.4, -0.2) is 147 Å².